The second kappa shape index (κ2) is 14.7. The Morgan fingerprint density at radius 2 is 1.83 bits per heavy atom. The topological polar surface area (TPSA) is 171 Å². The molecule has 0 aliphatic heterocycles. The Kier molecular flexibility index (Phi) is 12.5. The second-order valence-corrected chi connectivity index (χ2v) is 7.22. The maximum Gasteiger partial charge on any atom is 0.490 e. The monoisotopic (exact) mass is 502 g/mol. The number of carboxylic acid groups (broad SMARTS) is 1. The van der Waals surface area contributed by atoms with Crippen molar-refractivity contribution in [2.45, 2.75) is 50.9 Å². The van der Waals surface area contributed by atoms with Crippen molar-refractivity contribution in [3.63, 3.8) is 0 Å². The van der Waals surface area contributed by atoms with Crippen LogP contribution in [-0.4, -0.2) is 53.3 Å². The van der Waals surface area contributed by atoms with Crippen molar-refractivity contribution in [3.05, 3.63) is 53.7 Å². The zero-order valence-corrected chi connectivity index (χ0v) is 19.1. The number of benzene rings is 1. The summed E-state index contributed by atoms with van der Waals surface area (Å²) in [6.07, 6.45) is -1.45. The molecule has 1 aromatic carbocycles. The van der Waals surface area contributed by atoms with Gasteiger partial charge in [0.05, 0.1) is 12.6 Å². The minimum absolute atomic E-state index is 0.0724. The number of halogens is 3. The number of rotatable bonds is 11. The Morgan fingerprint density at radius 1 is 1.20 bits per heavy atom. The van der Waals surface area contributed by atoms with E-state index in [1.807, 2.05) is 30.3 Å². The van der Waals surface area contributed by atoms with Crippen molar-refractivity contribution in [2.75, 3.05) is 13.2 Å². The summed E-state index contributed by atoms with van der Waals surface area (Å²) in [5.74, 6) is -3.38. The van der Waals surface area contributed by atoms with E-state index in [1.54, 1.807) is 6.92 Å². The molecule has 1 amide bonds. The molecule has 2 atom stereocenters. The van der Waals surface area contributed by atoms with Gasteiger partial charge in [-0.05, 0) is 44.7 Å². The predicted octanol–water partition coefficient (Wildman–Crippen LogP) is 2.34. The first kappa shape index (κ1) is 29.6. The summed E-state index contributed by atoms with van der Waals surface area (Å²) in [5, 5.41) is 10.0. The van der Waals surface area contributed by atoms with E-state index in [0.29, 0.717) is 32.2 Å². The summed E-state index contributed by atoms with van der Waals surface area (Å²) in [5.41, 5.74) is 12.6. The molecule has 6 N–H and O–H groups in total. The number of nitrogens with two attached hydrogens (primary N) is 2. The van der Waals surface area contributed by atoms with Gasteiger partial charge in [0.2, 0.25) is 11.8 Å². The first-order valence-electron chi connectivity index (χ1n) is 10.7. The minimum Gasteiger partial charge on any atom is -0.475 e. The van der Waals surface area contributed by atoms with Gasteiger partial charge in [0.25, 0.3) is 0 Å². The Balaban J connectivity index is 0.000000762. The summed E-state index contributed by atoms with van der Waals surface area (Å²) in [6, 6.07) is 8.68. The molecule has 1 heterocycles. The predicted molar refractivity (Wildman–Crippen MR) is 118 cm³/mol. The standard InChI is InChI=1S/C20H28N4O4.C2HF3O2/c1-2-27-20(26)17-13-28-19(24-17)16(11-10-14-7-4-3-5-8-14)23-18(25)15(22)9-6-12-21;3-2(4,5)1(6)7/h3-5,7-8,13,15-16H,2,6,9-12,21-22H2,1H3,(H,23,25);(H,6,7)/t15-,16-;/m1./s1. The number of esters is 1. The van der Waals surface area contributed by atoms with Gasteiger partial charge in [-0.25, -0.2) is 14.6 Å². The summed E-state index contributed by atoms with van der Waals surface area (Å²) < 4.78 is 42.1. The zero-order chi connectivity index (χ0) is 26.4. The highest BCUT2D eigenvalue weighted by molar-refractivity contribution is 5.86. The third-order valence-corrected chi connectivity index (χ3v) is 4.48. The lowest BCUT2D eigenvalue weighted by Gasteiger charge is -2.18. The van der Waals surface area contributed by atoms with Crippen LogP contribution in [0.2, 0.25) is 0 Å². The molecule has 0 saturated heterocycles. The number of aliphatic carboxylic acids is 1. The molecule has 2 rings (SSSR count). The number of nitrogens with one attached hydrogen (secondary N) is 1. The van der Waals surface area contributed by atoms with E-state index in [1.165, 1.54) is 6.26 Å². The van der Waals surface area contributed by atoms with Gasteiger partial charge < -0.3 is 31.0 Å². The molecule has 0 radical (unpaired) electrons. The highest BCUT2D eigenvalue weighted by Crippen LogP contribution is 2.20. The summed E-state index contributed by atoms with van der Waals surface area (Å²) in [4.78, 5) is 37.4. The SMILES string of the molecule is CCOC(=O)c1coc([C@@H](CCc2ccccc2)NC(=O)[C@H](N)CCCN)n1.O=C(O)C(F)(F)F. The van der Waals surface area contributed by atoms with Gasteiger partial charge in [0.1, 0.15) is 12.3 Å². The van der Waals surface area contributed by atoms with Crippen molar-refractivity contribution in [2.24, 2.45) is 11.5 Å². The number of hydrogen-bond acceptors (Lipinski definition) is 8. The number of carboxylic acids is 1. The molecule has 1 aromatic heterocycles. The Hall–Kier alpha value is -3.45. The number of alkyl halides is 3. The molecule has 35 heavy (non-hydrogen) atoms. The Bertz CT molecular complexity index is 937. The van der Waals surface area contributed by atoms with Gasteiger partial charge in [-0.2, -0.15) is 13.2 Å². The van der Waals surface area contributed by atoms with Gasteiger partial charge in [0, 0.05) is 0 Å². The molecular weight excluding hydrogens is 473 g/mol. The zero-order valence-electron chi connectivity index (χ0n) is 19.1. The number of nitrogens with zero attached hydrogens (tertiary/aromatic N) is 1. The number of amides is 1. The lowest BCUT2D eigenvalue weighted by atomic mass is 10.0. The second-order valence-electron chi connectivity index (χ2n) is 7.22. The largest absolute Gasteiger partial charge is 0.490 e. The molecule has 0 fully saturated rings. The van der Waals surface area contributed by atoms with E-state index >= 15 is 0 Å². The lowest BCUT2D eigenvalue weighted by Crippen LogP contribution is -2.42. The van der Waals surface area contributed by atoms with E-state index in [4.69, 9.17) is 30.5 Å². The molecule has 0 aliphatic rings. The van der Waals surface area contributed by atoms with Gasteiger partial charge in [0.15, 0.2) is 5.69 Å². The van der Waals surface area contributed by atoms with Gasteiger partial charge in [-0.3, -0.25) is 4.79 Å². The quantitative estimate of drug-likeness (QED) is 0.337. The van der Waals surface area contributed by atoms with Crippen LogP contribution in [0.15, 0.2) is 41.0 Å². The van der Waals surface area contributed by atoms with Crippen LogP contribution in [0.25, 0.3) is 0 Å². The van der Waals surface area contributed by atoms with Crippen molar-refractivity contribution < 1.29 is 41.8 Å². The number of hydrogen-bond donors (Lipinski definition) is 4. The number of oxazole rings is 1. The smallest absolute Gasteiger partial charge is 0.475 e. The van der Waals surface area contributed by atoms with Crippen molar-refractivity contribution >= 4 is 17.8 Å². The molecule has 0 unspecified atom stereocenters. The van der Waals surface area contributed by atoms with E-state index in [0.717, 1.165) is 5.56 Å². The number of aromatic nitrogens is 1. The first-order valence-corrected chi connectivity index (χ1v) is 10.7. The number of carbonyl (C=O) groups is 3. The van der Waals surface area contributed by atoms with E-state index < -0.39 is 30.2 Å². The van der Waals surface area contributed by atoms with E-state index in [9.17, 15) is 22.8 Å². The molecule has 0 spiro atoms. The molecule has 0 bridgehead atoms. The maximum atomic E-state index is 12.4. The fraction of sp³-hybridized carbons (Fsp3) is 0.455. The lowest BCUT2D eigenvalue weighted by molar-refractivity contribution is -0.192. The molecule has 0 aliphatic carbocycles. The fourth-order valence-electron chi connectivity index (χ4n) is 2.71. The van der Waals surface area contributed by atoms with Crippen LogP contribution in [0.1, 0.15) is 54.2 Å². The van der Waals surface area contributed by atoms with Crippen LogP contribution in [-0.2, 0) is 20.7 Å². The van der Waals surface area contributed by atoms with E-state index in [2.05, 4.69) is 10.3 Å². The van der Waals surface area contributed by atoms with Crippen LogP contribution in [0.4, 0.5) is 13.2 Å². The average molecular weight is 502 g/mol. The van der Waals surface area contributed by atoms with Gasteiger partial charge in [-0.1, -0.05) is 30.3 Å². The average Bonchev–Trinajstić information content (AvgIpc) is 3.31. The van der Waals surface area contributed by atoms with Crippen molar-refractivity contribution in [1.29, 1.82) is 0 Å². The van der Waals surface area contributed by atoms with Crippen LogP contribution in [0.5, 0.6) is 0 Å². The van der Waals surface area contributed by atoms with Gasteiger partial charge >= 0.3 is 18.1 Å². The number of aryl methyl sites for hydroxylation is 1. The van der Waals surface area contributed by atoms with Crippen LogP contribution in [0, 0.1) is 0 Å². The molecular formula is C22H29F3N4O6. The first-order chi connectivity index (χ1) is 16.5. The van der Waals surface area contributed by atoms with Crippen LogP contribution >= 0.6 is 0 Å². The Morgan fingerprint density at radius 3 is 2.37 bits per heavy atom. The van der Waals surface area contributed by atoms with Crippen molar-refractivity contribution in [1.82, 2.24) is 10.3 Å². The molecule has 194 valence electrons. The van der Waals surface area contributed by atoms with Crippen LogP contribution < -0.4 is 16.8 Å². The highest BCUT2D eigenvalue weighted by atomic mass is 19.4. The third-order valence-electron chi connectivity index (χ3n) is 4.48. The summed E-state index contributed by atoms with van der Waals surface area (Å²) in [7, 11) is 0. The molecule has 10 nitrogen and oxygen atoms in total. The van der Waals surface area contributed by atoms with Gasteiger partial charge in [-0.15, -0.1) is 0 Å². The van der Waals surface area contributed by atoms with Crippen LogP contribution in [0.3, 0.4) is 0 Å². The maximum absolute atomic E-state index is 12.4. The number of carbonyl (C=O) groups excluding carboxylic acids is 2. The molecule has 13 heteroatoms. The summed E-state index contributed by atoms with van der Waals surface area (Å²) in [6.45, 7) is 2.43. The summed E-state index contributed by atoms with van der Waals surface area (Å²) >= 11 is 0. The highest BCUT2D eigenvalue weighted by Gasteiger charge is 2.38. The normalized spacial score (nSPS) is 12.6. The third kappa shape index (κ3) is 11.0. The molecule has 0 saturated carbocycles. The van der Waals surface area contributed by atoms with Crippen molar-refractivity contribution in [3.8, 4) is 0 Å². The Labute approximate surface area is 199 Å². The molecule has 2 aromatic rings. The van der Waals surface area contributed by atoms with E-state index in [-0.39, 0.29) is 24.1 Å². The fourth-order valence-corrected chi connectivity index (χ4v) is 2.71. The minimum atomic E-state index is -5.08. The number of ether oxygens (including phenoxy) is 1.